The Balaban J connectivity index is 1.50. The molecule has 2 atom stereocenters. The minimum atomic E-state index is -0.245. The summed E-state index contributed by atoms with van der Waals surface area (Å²) in [4.78, 5) is 4.72. The fraction of sp³-hybridized carbons (Fsp3) is 0.867. The number of nitrogens with zero attached hydrogens (tertiary/aromatic N) is 5. The SMILES string of the molecule is CN1C[C@H](O)C[C@H]1c1nnc2n1CCN(C1CCOCC1)C2. The largest absolute Gasteiger partial charge is 0.392 e. The van der Waals surface area contributed by atoms with Gasteiger partial charge >= 0.3 is 0 Å². The lowest BCUT2D eigenvalue weighted by Crippen LogP contribution is -2.44. The van der Waals surface area contributed by atoms with Crippen LogP contribution >= 0.6 is 0 Å². The average molecular weight is 307 g/mol. The van der Waals surface area contributed by atoms with Crippen molar-refractivity contribution in [3.8, 4) is 0 Å². The molecule has 0 radical (unpaired) electrons. The van der Waals surface area contributed by atoms with E-state index in [9.17, 15) is 5.11 Å². The number of likely N-dealkylation sites (N-methyl/N-ethyl adjacent to an activating group) is 1. The number of aromatic nitrogens is 3. The number of fused-ring (bicyclic) bond motifs is 1. The summed E-state index contributed by atoms with van der Waals surface area (Å²) in [6, 6.07) is 0.824. The van der Waals surface area contributed by atoms with Gasteiger partial charge in [0.25, 0.3) is 0 Å². The molecule has 1 N–H and O–H groups in total. The van der Waals surface area contributed by atoms with Gasteiger partial charge in [-0.2, -0.15) is 0 Å². The van der Waals surface area contributed by atoms with Crippen LogP contribution in [0.3, 0.4) is 0 Å². The minimum Gasteiger partial charge on any atom is -0.392 e. The molecule has 7 nitrogen and oxygen atoms in total. The van der Waals surface area contributed by atoms with Crippen molar-refractivity contribution < 1.29 is 9.84 Å². The first-order chi connectivity index (χ1) is 10.7. The van der Waals surface area contributed by atoms with Crippen LogP contribution in [-0.4, -0.2) is 75.2 Å². The first-order valence-electron chi connectivity index (χ1n) is 8.34. The molecule has 22 heavy (non-hydrogen) atoms. The third kappa shape index (κ3) is 2.56. The topological polar surface area (TPSA) is 66.7 Å². The van der Waals surface area contributed by atoms with Crippen molar-refractivity contribution in [2.24, 2.45) is 0 Å². The highest BCUT2D eigenvalue weighted by molar-refractivity contribution is 5.07. The zero-order valence-electron chi connectivity index (χ0n) is 13.2. The molecule has 1 aromatic heterocycles. The third-order valence-electron chi connectivity index (χ3n) is 5.34. The van der Waals surface area contributed by atoms with E-state index in [2.05, 4.69) is 31.6 Å². The number of hydrogen-bond donors (Lipinski definition) is 1. The van der Waals surface area contributed by atoms with E-state index in [1.165, 1.54) is 0 Å². The van der Waals surface area contributed by atoms with Gasteiger partial charge in [-0.25, -0.2) is 0 Å². The van der Waals surface area contributed by atoms with Crippen LogP contribution in [-0.2, 0) is 17.8 Å². The van der Waals surface area contributed by atoms with Gasteiger partial charge in [0, 0.05) is 38.9 Å². The Morgan fingerprint density at radius 3 is 2.73 bits per heavy atom. The number of ether oxygens (including phenoxy) is 1. The van der Waals surface area contributed by atoms with Crippen LogP contribution < -0.4 is 0 Å². The second-order valence-corrected chi connectivity index (χ2v) is 6.78. The van der Waals surface area contributed by atoms with Crippen LogP contribution in [0.5, 0.6) is 0 Å². The maximum Gasteiger partial charge on any atom is 0.150 e. The highest BCUT2D eigenvalue weighted by atomic mass is 16.5. The van der Waals surface area contributed by atoms with Crippen LogP contribution in [0.2, 0.25) is 0 Å². The number of rotatable bonds is 2. The van der Waals surface area contributed by atoms with Gasteiger partial charge in [-0.1, -0.05) is 0 Å². The second kappa shape index (κ2) is 5.88. The van der Waals surface area contributed by atoms with Crippen LogP contribution in [0, 0.1) is 0 Å². The van der Waals surface area contributed by atoms with Crippen molar-refractivity contribution in [2.75, 3.05) is 33.4 Å². The highest BCUT2D eigenvalue weighted by Gasteiger charge is 2.35. The molecule has 3 aliphatic heterocycles. The van der Waals surface area contributed by atoms with Crippen molar-refractivity contribution in [3.63, 3.8) is 0 Å². The van der Waals surface area contributed by atoms with Crippen LogP contribution in [0.1, 0.15) is 37.0 Å². The molecule has 4 rings (SSSR count). The van der Waals surface area contributed by atoms with Crippen LogP contribution in [0.15, 0.2) is 0 Å². The third-order valence-corrected chi connectivity index (χ3v) is 5.34. The molecule has 0 spiro atoms. The van der Waals surface area contributed by atoms with Crippen molar-refractivity contribution in [3.05, 3.63) is 11.6 Å². The van der Waals surface area contributed by atoms with Crippen LogP contribution in [0.4, 0.5) is 0 Å². The lowest BCUT2D eigenvalue weighted by atomic mass is 10.1. The average Bonchev–Trinajstić information content (AvgIpc) is 3.10. The van der Waals surface area contributed by atoms with Gasteiger partial charge < -0.3 is 14.4 Å². The molecule has 4 heterocycles. The van der Waals surface area contributed by atoms with Gasteiger partial charge in [-0.3, -0.25) is 9.80 Å². The predicted octanol–water partition coefficient (Wildman–Crippen LogP) is 0.0102. The monoisotopic (exact) mass is 307 g/mol. The Labute approximate surface area is 130 Å². The maximum atomic E-state index is 9.87. The molecule has 0 aromatic carbocycles. The molecule has 3 aliphatic rings. The van der Waals surface area contributed by atoms with E-state index in [-0.39, 0.29) is 12.1 Å². The maximum absolute atomic E-state index is 9.87. The molecule has 0 unspecified atom stereocenters. The Morgan fingerprint density at radius 1 is 1.18 bits per heavy atom. The molecule has 2 saturated heterocycles. The number of aliphatic hydroxyl groups excluding tert-OH is 1. The minimum absolute atomic E-state index is 0.200. The normalized spacial score (nSPS) is 31.5. The van der Waals surface area contributed by atoms with Crippen LogP contribution in [0.25, 0.3) is 0 Å². The first kappa shape index (κ1) is 14.6. The smallest absolute Gasteiger partial charge is 0.150 e. The molecular formula is C15H25N5O2. The summed E-state index contributed by atoms with van der Waals surface area (Å²) in [5, 5.41) is 18.8. The zero-order chi connectivity index (χ0) is 15.1. The summed E-state index contributed by atoms with van der Waals surface area (Å²) < 4.78 is 7.74. The standard InChI is InChI=1S/C15H25N5O2/c1-18-9-12(21)8-13(18)15-17-16-14-10-19(4-5-20(14)15)11-2-6-22-7-3-11/h11-13,21H,2-10H2,1H3/t12-,13+/m1/s1. The summed E-state index contributed by atoms with van der Waals surface area (Å²) in [6.07, 6.45) is 2.76. The van der Waals surface area contributed by atoms with Gasteiger partial charge in [0.2, 0.25) is 0 Å². The fourth-order valence-electron chi connectivity index (χ4n) is 4.08. The van der Waals surface area contributed by atoms with E-state index in [1.807, 2.05) is 0 Å². The van der Waals surface area contributed by atoms with E-state index in [0.717, 1.165) is 70.3 Å². The molecule has 0 amide bonds. The Bertz CT molecular complexity index is 528. The quantitative estimate of drug-likeness (QED) is 0.830. The number of β-amino-alcohol motifs (C(OH)–C–C–N with tert-alkyl or cyclic N) is 1. The summed E-state index contributed by atoms with van der Waals surface area (Å²) >= 11 is 0. The molecular weight excluding hydrogens is 282 g/mol. The van der Waals surface area contributed by atoms with Crippen molar-refractivity contribution in [2.45, 2.75) is 50.5 Å². The van der Waals surface area contributed by atoms with Crippen molar-refractivity contribution >= 4 is 0 Å². The van der Waals surface area contributed by atoms with Gasteiger partial charge in [0.05, 0.1) is 18.7 Å². The van der Waals surface area contributed by atoms with E-state index in [1.54, 1.807) is 0 Å². The van der Waals surface area contributed by atoms with Gasteiger partial charge in [0.15, 0.2) is 5.82 Å². The van der Waals surface area contributed by atoms with E-state index in [4.69, 9.17) is 4.74 Å². The van der Waals surface area contributed by atoms with Gasteiger partial charge in [-0.15, -0.1) is 10.2 Å². The van der Waals surface area contributed by atoms with E-state index in [0.29, 0.717) is 6.04 Å². The number of likely N-dealkylation sites (tertiary alicyclic amines) is 1. The lowest BCUT2D eigenvalue weighted by molar-refractivity contribution is 0.0231. The summed E-state index contributed by atoms with van der Waals surface area (Å²) in [6.45, 7) is 5.38. The molecule has 122 valence electrons. The van der Waals surface area contributed by atoms with E-state index < -0.39 is 0 Å². The van der Waals surface area contributed by atoms with Crippen molar-refractivity contribution in [1.82, 2.24) is 24.6 Å². The highest BCUT2D eigenvalue weighted by Crippen LogP contribution is 2.31. The Hall–Kier alpha value is -1.02. The first-order valence-corrected chi connectivity index (χ1v) is 8.34. The summed E-state index contributed by atoms with van der Waals surface area (Å²) in [7, 11) is 2.06. The molecule has 7 heteroatoms. The van der Waals surface area contributed by atoms with Gasteiger partial charge in [0.1, 0.15) is 5.82 Å². The molecule has 0 saturated carbocycles. The molecule has 1 aromatic rings. The predicted molar refractivity (Wildman–Crippen MR) is 80.3 cm³/mol. The van der Waals surface area contributed by atoms with Crippen molar-refractivity contribution in [1.29, 1.82) is 0 Å². The Kier molecular flexibility index (Phi) is 3.89. The number of hydrogen-bond acceptors (Lipinski definition) is 6. The zero-order valence-corrected chi connectivity index (χ0v) is 13.2. The lowest BCUT2D eigenvalue weighted by Gasteiger charge is -2.37. The molecule has 0 bridgehead atoms. The molecule has 0 aliphatic carbocycles. The molecule has 2 fully saturated rings. The summed E-state index contributed by atoms with van der Waals surface area (Å²) in [5.41, 5.74) is 0. The second-order valence-electron chi connectivity index (χ2n) is 6.78. The fourth-order valence-corrected chi connectivity index (χ4v) is 4.08. The number of aliphatic hydroxyl groups is 1. The summed E-state index contributed by atoms with van der Waals surface area (Å²) in [5.74, 6) is 2.10. The van der Waals surface area contributed by atoms with Gasteiger partial charge in [-0.05, 0) is 26.3 Å². The Morgan fingerprint density at radius 2 is 2.00 bits per heavy atom. The van der Waals surface area contributed by atoms with E-state index >= 15 is 0 Å².